The predicted octanol–water partition coefficient (Wildman–Crippen LogP) is 3.87. The summed E-state index contributed by atoms with van der Waals surface area (Å²) in [6.45, 7) is 6.19. The van der Waals surface area contributed by atoms with Crippen molar-refractivity contribution < 1.29 is 19.2 Å². The molecule has 0 heterocycles. The van der Waals surface area contributed by atoms with E-state index < -0.39 is 18.2 Å². The Kier molecular flexibility index (Phi) is 7.68. The van der Waals surface area contributed by atoms with Crippen LogP contribution in [0.4, 0.5) is 0 Å². The molecule has 4 rings (SSSR count). The van der Waals surface area contributed by atoms with Crippen LogP contribution in [-0.2, 0) is 0 Å². The van der Waals surface area contributed by atoms with Gasteiger partial charge in [-0.15, -0.1) is 0 Å². The SMILES string of the molecule is CC(=O)c1ccc([Te](c2ccc(C(C)=O)cc2)(c2ccc(C(C)=O)cc2)c2ccc(C(C)=O)cc2)cc1. The molecule has 0 atom stereocenters. The maximum atomic E-state index is 12.0. The maximum absolute atomic E-state index is 12.0. The van der Waals surface area contributed by atoms with Crippen LogP contribution in [0, 0.1) is 0 Å². The van der Waals surface area contributed by atoms with Gasteiger partial charge >= 0.3 is 222 Å². The second-order valence-electron chi connectivity index (χ2n) is 8.93. The molecule has 4 nitrogen and oxygen atoms in total. The van der Waals surface area contributed by atoms with Crippen molar-refractivity contribution in [1.29, 1.82) is 0 Å². The van der Waals surface area contributed by atoms with Gasteiger partial charge in [-0.3, -0.25) is 0 Å². The van der Waals surface area contributed by atoms with Crippen molar-refractivity contribution in [1.82, 2.24) is 0 Å². The van der Waals surface area contributed by atoms with Crippen molar-refractivity contribution in [3.05, 3.63) is 119 Å². The Hall–Kier alpha value is -3.65. The molecular formula is C32H28O4Te. The first-order valence-corrected chi connectivity index (χ1v) is 16.6. The summed E-state index contributed by atoms with van der Waals surface area (Å²) in [7, 11) is 0. The first-order valence-electron chi connectivity index (χ1n) is 11.9. The number of Topliss-reactive ketones (excluding diaryl/α,β-unsaturated/α-hetero) is 4. The minimum atomic E-state index is -3.76. The van der Waals surface area contributed by atoms with E-state index in [1.807, 2.05) is 97.1 Å². The summed E-state index contributed by atoms with van der Waals surface area (Å²) in [5.41, 5.74) is 2.52. The van der Waals surface area contributed by atoms with E-state index in [2.05, 4.69) is 0 Å². The average molecular weight is 604 g/mol. The Labute approximate surface area is 221 Å². The van der Waals surface area contributed by atoms with Crippen LogP contribution in [0.15, 0.2) is 97.1 Å². The first-order chi connectivity index (χ1) is 17.6. The zero-order chi connectivity index (χ0) is 26.7. The second kappa shape index (κ2) is 10.8. The van der Waals surface area contributed by atoms with E-state index in [1.54, 1.807) is 27.7 Å². The molecule has 0 aliphatic carbocycles. The fraction of sp³-hybridized carbons (Fsp3) is 0.125. The molecule has 0 amide bonds. The molecule has 4 aromatic carbocycles. The van der Waals surface area contributed by atoms with E-state index in [-0.39, 0.29) is 23.1 Å². The van der Waals surface area contributed by atoms with E-state index in [4.69, 9.17) is 0 Å². The molecule has 0 saturated heterocycles. The van der Waals surface area contributed by atoms with Gasteiger partial charge in [0, 0.05) is 0 Å². The summed E-state index contributed by atoms with van der Waals surface area (Å²) in [6, 6.07) is 31.0. The summed E-state index contributed by atoms with van der Waals surface area (Å²) < 4.78 is 4.37. The molecule has 0 N–H and O–H groups in total. The van der Waals surface area contributed by atoms with Crippen molar-refractivity contribution in [2.24, 2.45) is 0 Å². The molecule has 186 valence electrons. The van der Waals surface area contributed by atoms with Crippen molar-refractivity contribution in [3.8, 4) is 0 Å². The van der Waals surface area contributed by atoms with E-state index in [0.29, 0.717) is 22.3 Å². The molecule has 0 fully saturated rings. The van der Waals surface area contributed by atoms with Gasteiger partial charge in [-0.1, -0.05) is 0 Å². The summed E-state index contributed by atoms with van der Waals surface area (Å²) in [5.74, 6) is -0.0282. The molecule has 4 aromatic rings. The van der Waals surface area contributed by atoms with Crippen molar-refractivity contribution in [2.75, 3.05) is 0 Å². The van der Waals surface area contributed by atoms with E-state index in [0.717, 1.165) is 14.4 Å². The summed E-state index contributed by atoms with van der Waals surface area (Å²) in [5, 5.41) is 0. The number of rotatable bonds is 8. The minimum absolute atomic E-state index is 0.00705. The molecular weight excluding hydrogens is 576 g/mol. The third-order valence-electron chi connectivity index (χ3n) is 6.46. The standard InChI is InChI=1S/C32H28O4Te/c1-21(33)25-5-13-29(14-6-25)37(30-15-7-26(8-16-30)22(2)34,31-17-9-27(10-18-31)23(3)35)32-19-11-28(12-20-32)24(4)36/h5-20H,1-4H3. The third-order valence-corrected chi connectivity index (χ3v) is 17.6. The molecule has 0 radical (unpaired) electrons. The molecule has 0 aromatic heterocycles. The van der Waals surface area contributed by atoms with Gasteiger partial charge in [0.15, 0.2) is 0 Å². The van der Waals surface area contributed by atoms with E-state index >= 15 is 0 Å². The monoisotopic (exact) mass is 606 g/mol. The van der Waals surface area contributed by atoms with Crippen LogP contribution in [0.5, 0.6) is 0 Å². The first kappa shape index (κ1) is 26.4. The Morgan fingerprint density at radius 2 is 0.514 bits per heavy atom. The van der Waals surface area contributed by atoms with Crippen LogP contribution in [0.1, 0.15) is 69.1 Å². The molecule has 0 aliphatic rings. The molecule has 0 unspecified atom stereocenters. The van der Waals surface area contributed by atoms with Gasteiger partial charge in [-0.2, -0.15) is 0 Å². The number of hydrogen-bond donors (Lipinski definition) is 0. The summed E-state index contributed by atoms with van der Waals surface area (Å²) in [4.78, 5) is 48.2. The Morgan fingerprint density at radius 1 is 0.351 bits per heavy atom. The number of benzene rings is 4. The fourth-order valence-electron chi connectivity index (χ4n) is 4.39. The predicted molar refractivity (Wildman–Crippen MR) is 150 cm³/mol. The van der Waals surface area contributed by atoms with Gasteiger partial charge < -0.3 is 0 Å². The Morgan fingerprint density at radius 3 is 0.649 bits per heavy atom. The van der Waals surface area contributed by atoms with Crippen LogP contribution in [-0.4, -0.2) is 41.3 Å². The Bertz CT molecular complexity index is 1250. The summed E-state index contributed by atoms with van der Waals surface area (Å²) >= 11 is -3.76. The average Bonchev–Trinajstić information content (AvgIpc) is 2.90. The molecule has 0 spiro atoms. The second-order valence-corrected chi connectivity index (χ2v) is 17.8. The van der Waals surface area contributed by atoms with Gasteiger partial charge in [0.2, 0.25) is 0 Å². The third kappa shape index (κ3) is 5.11. The van der Waals surface area contributed by atoms with Gasteiger partial charge in [-0.05, 0) is 0 Å². The number of hydrogen-bond acceptors (Lipinski definition) is 4. The van der Waals surface area contributed by atoms with Crippen molar-refractivity contribution in [2.45, 2.75) is 27.7 Å². The number of carbonyl (C=O) groups is 4. The van der Waals surface area contributed by atoms with E-state index in [9.17, 15) is 19.2 Å². The zero-order valence-electron chi connectivity index (χ0n) is 21.3. The van der Waals surface area contributed by atoms with Gasteiger partial charge in [0.05, 0.1) is 0 Å². The normalized spacial score (nSPS) is 11.6. The van der Waals surface area contributed by atoms with Crippen molar-refractivity contribution >= 4 is 55.8 Å². The van der Waals surface area contributed by atoms with Crippen molar-refractivity contribution in [3.63, 3.8) is 0 Å². The van der Waals surface area contributed by atoms with Crippen LogP contribution in [0.3, 0.4) is 0 Å². The van der Waals surface area contributed by atoms with Crippen LogP contribution in [0.25, 0.3) is 0 Å². The quantitative estimate of drug-likeness (QED) is 0.227. The topological polar surface area (TPSA) is 68.3 Å². The van der Waals surface area contributed by atoms with Gasteiger partial charge in [0.1, 0.15) is 0 Å². The molecule has 5 heteroatoms. The van der Waals surface area contributed by atoms with Crippen LogP contribution >= 0.6 is 0 Å². The van der Waals surface area contributed by atoms with Crippen LogP contribution < -0.4 is 14.4 Å². The molecule has 37 heavy (non-hydrogen) atoms. The Balaban J connectivity index is 2.09. The zero-order valence-corrected chi connectivity index (χ0v) is 23.6. The fourth-order valence-corrected chi connectivity index (χ4v) is 15.3. The molecule has 0 saturated carbocycles. The number of carbonyl (C=O) groups excluding carboxylic acids is 4. The van der Waals surface area contributed by atoms with Gasteiger partial charge in [-0.25, -0.2) is 0 Å². The molecule has 0 aliphatic heterocycles. The van der Waals surface area contributed by atoms with Gasteiger partial charge in [0.25, 0.3) is 0 Å². The summed E-state index contributed by atoms with van der Waals surface area (Å²) in [6.07, 6.45) is 0. The van der Waals surface area contributed by atoms with Crippen LogP contribution in [0.2, 0.25) is 0 Å². The number of ketones is 4. The molecule has 0 bridgehead atoms. The van der Waals surface area contributed by atoms with E-state index in [1.165, 1.54) is 0 Å².